The second-order valence-electron chi connectivity index (χ2n) is 3.18. The molecule has 0 spiro atoms. The number of benzene rings is 1. The van der Waals surface area contributed by atoms with Gasteiger partial charge in [0.1, 0.15) is 5.75 Å². The molecular weight excluding hydrogens is 194 g/mol. The minimum Gasteiger partial charge on any atom is -0.484 e. The predicted molar refractivity (Wildman–Crippen MR) is 56.8 cm³/mol. The summed E-state index contributed by atoms with van der Waals surface area (Å²) in [5.41, 5.74) is 1.15. The maximum absolute atomic E-state index is 11.1. The summed E-state index contributed by atoms with van der Waals surface area (Å²) in [6.07, 6.45) is 0. The molecule has 0 atom stereocenters. The Morgan fingerprint density at radius 1 is 1.40 bits per heavy atom. The van der Waals surface area contributed by atoms with E-state index >= 15 is 0 Å². The lowest BCUT2D eigenvalue weighted by atomic mass is 10.2. The summed E-state index contributed by atoms with van der Waals surface area (Å²) in [4.78, 5) is 11.1. The molecule has 0 aliphatic rings. The van der Waals surface area contributed by atoms with Gasteiger partial charge < -0.3 is 15.2 Å². The molecule has 82 valence electrons. The van der Waals surface area contributed by atoms with Crippen molar-refractivity contribution < 1.29 is 14.6 Å². The Kier molecular flexibility index (Phi) is 4.63. The van der Waals surface area contributed by atoms with Crippen LogP contribution in [0.1, 0.15) is 5.56 Å². The minimum atomic E-state index is -0.232. The number of carbonyl (C=O) groups is 1. The SMILES string of the molecule is Cc1ccc(OCC(=O)NCCO)cc1. The maximum atomic E-state index is 11.1. The molecular formula is C11H15NO3. The Bertz CT molecular complexity index is 308. The summed E-state index contributed by atoms with van der Waals surface area (Å²) < 4.78 is 5.23. The molecule has 0 aliphatic carbocycles. The van der Waals surface area contributed by atoms with Gasteiger partial charge in [0, 0.05) is 6.54 Å². The van der Waals surface area contributed by atoms with Crippen LogP contribution in [0.5, 0.6) is 5.75 Å². The van der Waals surface area contributed by atoms with E-state index in [2.05, 4.69) is 5.32 Å². The highest BCUT2D eigenvalue weighted by Crippen LogP contribution is 2.10. The van der Waals surface area contributed by atoms with Gasteiger partial charge in [0.2, 0.25) is 0 Å². The third-order valence-corrected chi connectivity index (χ3v) is 1.82. The van der Waals surface area contributed by atoms with E-state index < -0.39 is 0 Å². The molecule has 1 amide bonds. The van der Waals surface area contributed by atoms with Crippen LogP contribution in [0, 0.1) is 6.92 Å². The van der Waals surface area contributed by atoms with Crippen molar-refractivity contribution in [2.24, 2.45) is 0 Å². The number of aliphatic hydroxyl groups is 1. The molecule has 0 radical (unpaired) electrons. The van der Waals surface area contributed by atoms with Crippen LogP contribution >= 0.6 is 0 Å². The molecule has 4 heteroatoms. The number of hydrogen-bond acceptors (Lipinski definition) is 3. The fraction of sp³-hybridized carbons (Fsp3) is 0.364. The van der Waals surface area contributed by atoms with Crippen molar-refractivity contribution in [3.05, 3.63) is 29.8 Å². The standard InChI is InChI=1S/C11H15NO3/c1-9-2-4-10(5-3-9)15-8-11(14)12-6-7-13/h2-5,13H,6-8H2,1H3,(H,12,14). The molecule has 4 nitrogen and oxygen atoms in total. The molecule has 0 heterocycles. The molecule has 15 heavy (non-hydrogen) atoms. The first-order valence-electron chi connectivity index (χ1n) is 4.79. The van der Waals surface area contributed by atoms with Gasteiger partial charge in [0.25, 0.3) is 5.91 Å². The van der Waals surface area contributed by atoms with Gasteiger partial charge in [0.15, 0.2) is 6.61 Å². The number of aryl methyl sites for hydroxylation is 1. The zero-order valence-electron chi connectivity index (χ0n) is 8.69. The molecule has 0 fully saturated rings. The highest BCUT2D eigenvalue weighted by atomic mass is 16.5. The molecule has 1 rings (SSSR count). The number of rotatable bonds is 5. The van der Waals surface area contributed by atoms with Crippen molar-refractivity contribution in [2.45, 2.75) is 6.92 Å². The summed E-state index contributed by atoms with van der Waals surface area (Å²) in [5, 5.41) is 11.0. The second kappa shape index (κ2) is 6.03. The van der Waals surface area contributed by atoms with Crippen LogP contribution in [0.3, 0.4) is 0 Å². The van der Waals surface area contributed by atoms with Gasteiger partial charge in [-0.05, 0) is 19.1 Å². The second-order valence-corrected chi connectivity index (χ2v) is 3.18. The van der Waals surface area contributed by atoms with E-state index in [4.69, 9.17) is 9.84 Å². The third-order valence-electron chi connectivity index (χ3n) is 1.82. The lowest BCUT2D eigenvalue weighted by Gasteiger charge is -2.06. The van der Waals surface area contributed by atoms with Crippen LogP contribution in [0.15, 0.2) is 24.3 Å². The number of ether oxygens (including phenoxy) is 1. The highest BCUT2D eigenvalue weighted by Gasteiger charge is 2.00. The molecule has 0 aromatic heterocycles. The van der Waals surface area contributed by atoms with E-state index in [0.29, 0.717) is 5.75 Å². The van der Waals surface area contributed by atoms with Crippen molar-refractivity contribution in [3.63, 3.8) is 0 Å². The first kappa shape index (κ1) is 11.5. The largest absolute Gasteiger partial charge is 0.484 e. The summed E-state index contributed by atoms with van der Waals surface area (Å²) in [5.74, 6) is 0.435. The number of nitrogens with one attached hydrogen (secondary N) is 1. The van der Waals surface area contributed by atoms with Gasteiger partial charge in [-0.1, -0.05) is 17.7 Å². The Labute approximate surface area is 88.9 Å². The lowest BCUT2D eigenvalue weighted by molar-refractivity contribution is -0.123. The average Bonchev–Trinajstić information content (AvgIpc) is 2.25. The van der Waals surface area contributed by atoms with Gasteiger partial charge in [-0.3, -0.25) is 4.79 Å². The molecule has 0 saturated heterocycles. The molecule has 0 unspecified atom stereocenters. The predicted octanol–water partition coefficient (Wildman–Crippen LogP) is 0.482. The maximum Gasteiger partial charge on any atom is 0.258 e. The first-order valence-corrected chi connectivity index (χ1v) is 4.79. The smallest absolute Gasteiger partial charge is 0.258 e. The number of amides is 1. The van der Waals surface area contributed by atoms with E-state index in [9.17, 15) is 4.79 Å². The topological polar surface area (TPSA) is 58.6 Å². The molecule has 0 bridgehead atoms. The van der Waals surface area contributed by atoms with Gasteiger partial charge in [0.05, 0.1) is 6.61 Å². The van der Waals surface area contributed by atoms with Crippen LogP contribution in [0.25, 0.3) is 0 Å². The van der Waals surface area contributed by atoms with Crippen LogP contribution in [-0.4, -0.2) is 30.8 Å². The van der Waals surface area contributed by atoms with Crippen molar-refractivity contribution in [3.8, 4) is 5.75 Å². The fourth-order valence-electron chi connectivity index (χ4n) is 1.03. The van der Waals surface area contributed by atoms with Gasteiger partial charge in [-0.25, -0.2) is 0 Å². The third kappa shape index (κ3) is 4.46. The molecule has 0 aliphatic heterocycles. The van der Waals surface area contributed by atoms with Crippen LogP contribution in [-0.2, 0) is 4.79 Å². The Hall–Kier alpha value is -1.55. The van der Waals surface area contributed by atoms with Gasteiger partial charge in [-0.2, -0.15) is 0 Å². The molecule has 2 N–H and O–H groups in total. The minimum absolute atomic E-state index is 0.0247. The molecule has 1 aromatic rings. The van der Waals surface area contributed by atoms with Crippen molar-refractivity contribution in [1.82, 2.24) is 5.32 Å². The Balaban J connectivity index is 2.30. The van der Waals surface area contributed by atoms with Crippen molar-refractivity contribution in [2.75, 3.05) is 19.8 Å². The summed E-state index contributed by atoms with van der Waals surface area (Å²) in [6, 6.07) is 7.46. The fourth-order valence-corrected chi connectivity index (χ4v) is 1.03. The monoisotopic (exact) mass is 209 g/mol. The number of aliphatic hydroxyl groups excluding tert-OH is 1. The quantitative estimate of drug-likeness (QED) is 0.741. The normalized spacial score (nSPS) is 9.73. The highest BCUT2D eigenvalue weighted by molar-refractivity contribution is 5.77. The van der Waals surface area contributed by atoms with Crippen molar-refractivity contribution >= 4 is 5.91 Å². The zero-order valence-corrected chi connectivity index (χ0v) is 8.69. The summed E-state index contributed by atoms with van der Waals surface area (Å²) in [7, 11) is 0. The van der Waals surface area contributed by atoms with Crippen LogP contribution < -0.4 is 10.1 Å². The van der Waals surface area contributed by atoms with Gasteiger partial charge >= 0.3 is 0 Å². The van der Waals surface area contributed by atoms with E-state index in [1.807, 2.05) is 31.2 Å². The van der Waals surface area contributed by atoms with E-state index in [0.717, 1.165) is 5.56 Å². The molecule has 0 saturated carbocycles. The van der Waals surface area contributed by atoms with Gasteiger partial charge in [-0.15, -0.1) is 0 Å². The van der Waals surface area contributed by atoms with Crippen molar-refractivity contribution in [1.29, 1.82) is 0 Å². The van der Waals surface area contributed by atoms with Crippen LogP contribution in [0.4, 0.5) is 0 Å². The Morgan fingerprint density at radius 3 is 2.67 bits per heavy atom. The lowest BCUT2D eigenvalue weighted by Crippen LogP contribution is -2.31. The average molecular weight is 209 g/mol. The number of carbonyl (C=O) groups excluding carboxylic acids is 1. The van der Waals surface area contributed by atoms with Crippen LogP contribution in [0.2, 0.25) is 0 Å². The number of hydrogen-bond donors (Lipinski definition) is 2. The summed E-state index contributed by atoms with van der Waals surface area (Å²) >= 11 is 0. The summed E-state index contributed by atoms with van der Waals surface area (Å²) in [6.45, 7) is 2.16. The zero-order chi connectivity index (χ0) is 11.1. The van der Waals surface area contributed by atoms with E-state index in [1.54, 1.807) is 0 Å². The molecule has 1 aromatic carbocycles. The van der Waals surface area contributed by atoms with E-state index in [-0.39, 0.29) is 25.7 Å². The first-order chi connectivity index (χ1) is 7.22. The Morgan fingerprint density at radius 2 is 2.07 bits per heavy atom. The van der Waals surface area contributed by atoms with E-state index in [1.165, 1.54) is 0 Å².